The number of piperazine rings is 1. The summed E-state index contributed by atoms with van der Waals surface area (Å²) >= 11 is 0. The summed E-state index contributed by atoms with van der Waals surface area (Å²) in [6.07, 6.45) is 0. The molecule has 1 atom stereocenters. The van der Waals surface area contributed by atoms with E-state index >= 15 is 0 Å². The number of anilines is 1. The Hall–Kier alpha value is -2.30. The molecule has 10 heteroatoms. The number of nitrogens with one attached hydrogen (secondary N) is 2. The van der Waals surface area contributed by atoms with Crippen LogP contribution < -0.4 is 10.2 Å². The van der Waals surface area contributed by atoms with E-state index in [0.29, 0.717) is 26.2 Å². The molecule has 0 spiro atoms. The van der Waals surface area contributed by atoms with Gasteiger partial charge in [0.2, 0.25) is 10.0 Å². The van der Waals surface area contributed by atoms with Gasteiger partial charge >= 0.3 is 0 Å². The summed E-state index contributed by atoms with van der Waals surface area (Å²) < 4.78 is 41.7. The number of amides is 1. The van der Waals surface area contributed by atoms with Gasteiger partial charge < -0.3 is 10.2 Å². The first kappa shape index (κ1) is 21.4. The molecule has 8 nitrogen and oxygen atoms in total. The standard InChI is InChI=1S/C19H26FN5O3S/c1-13-18(14(2)23(4)22-13)21-19(26)15(3)24-9-11-25(12-10-24)29(27,28)17-7-5-16(20)6-8-17/h5-8,15H,9-12H2,1-4H3,(H,21,26)/p+1/t15-/m0/s1. The van der Waals surface area contributed by atoms with Crippen LogP contribution in [0.1, 0.15) is 18.3 Å². The van der Waals surface area contributed by atoms with Gasteiger partial charge in [-0.2, -0.15) is 9.40 Å². The van der Waals surface area contributed by atoms with Crippen LogP contribution in [0.2, 0.25) is 0 Å². The summed E-state index contributed by atoms with van der Waals surface area (Å²) in [4.78, 5) is 13.8. The van der Waals surface area contributed by atoms with Crippen molar-refractivity contribution >= 4 is 21.6 Å². The van der Waals surface area contributed by atoms with Crippen molar-refractivity contribution in [2.45, 2.75) is 31.7 Å². The lowest BCUT2D eigenvalue weighted by Gasteiger charge is -2.34. The number of quaternary nitrogens is 1. The maximum Gasteiger partial charge on any atom is 0.282 e. The van der Waals surface area contributed by atoms with Crippen molar-refractivity contribution in [3.8, 4) is 0 Å². The molecule has 0 unspecified atom stereocenters. The first-order valence-electron chi connectivity index (χ1n) is 9.52. The van der Waals surface area contributed by atoms with E-state index in [0.717, 1.165) is 34.1 Å². The summed E-state index contributed by atoms with van der Waals surface area (Å²) in [6.45, 7) is 7.22. The van der Waals surface area contributed by atoms with Crippen LogP contribution in [0, 0.1) is 19.7 Å². The Morgan fingerprint density at radius 3 is 2.31 bits per heavy atom. The van der Waals surface area contributed by atoms with Crippen molar-refractivity contribution in [3.63, 3.8) is 0 Å². The van der Waals surface area contributed by atoms with Gasteiger partial charge in [0.05, 0.1) is 48.1 Å². The summed E-state index contributed by atoms with van der Waals surface area (Å²) in [6, 6.07) is 4.51. The molecule has 29 heavy (non-hydrogen) atoms. The van der Waals surface area contributed by atoms with Crippen molar-refractivity contribution in [3.05, 3.63) is 41.5 Å². The van der Waals surface area contributed by atoms with Crippen molar-refractivity contribution < 1.29 is 22.5 Å². The monoisotopic (exact) mass is 424 g/mol. The highest BCUT2D eigenvalue weighted by atomic mass is 32.2. The van der Waals surface area contributed by atoms with Gasteiger partial charge in [-0.05, 0) is 45.0 Å². The molecule has 1 aromatic heterocycles. The molecule has 2 heterocycles. The molecule has 0 aliphatic carbocycles. The molecule has 1 amide bonds. The smallest absolute Gasteiger partial charge is 0.282 e. The van der Waals surface area contributed by atoms with Gasteiger partial charge in [-0.25, -0.2) is 12.8 Å². The van der Waals surface area contributed by atoms with E-state index in [9.17, 15) is 17.6 Å². The Balaban J connectivity index is 1.62. The number of benzene rings is 1. The third-order valence-electron chi connectivity index (χ3n) is 5.58. The Labute approximate surface area is 170 Å². The molecule has 0 bridgehead atoms. The molecule has 2 aromatic rings. The van der Waals surface area contributed by atoms with E-state index < -0.39 is 15.8 Å². The van der Waals surface area contributed by atoms with Crippen LogP contribution >= 0.6 is 0 Å². The highest BCUT2D eigenvalue weighted by Crippen LogP contribution is 2.18. The molecule has 1 aromatic carbocycles. The van der Waals surface area contributed by atoms with E-state index in [2.05, 4.69) is 10.4 Å². The zero-order valence-corrected chi connectivity index (χ0v) is 17.9. The largest absolute Gasteiger partial charge is 0.323 e. The molecular weight excluding hydrogens is 397 g/mol. The van der Waals surface area contributed by atoms with Crippen LogP contribution in [0.25, 0.3) is 0 Å². The third-order valence-corrected chi connectivity index (χ3v) is 7.49. The maximum atomic E-state index is 13.1. The van der Waals surface area contributed by atoms with Crippen molar-refractivity contribution in [2.24, 2.45) is 7.05 Å². The molecular formula is C19H27FN5O3S+. The molecule has 0 saturated carbocycles. The van der Waals surface area contributed by atoms with Gasteiger partial charge in [-0.1, -0.05) is 0 Å². The molecule has 0 radical (unpaired) electrons. The van der Waals surface area contributed by atoms with Gasteiger partial charge in [-0.3, -0.25) is 9.48 Å². The second-order valence-corrected chi connectivity index (χ2v) is 9.33. The fourth-order valence-electron chi connectivity index (χ4n) is 3.57. The number of halogens is 1. The number of aromatic nitrogens is 2. The number of rotatable bonds is 5. The number of aryl methyl sites for hydroxylation is 2. The highest BCUT2D eigenvalue weighted by molar-refractivity contribution is 7.89. The number of carbonyl (C=O) groups excluding carboxylic acids is 1. The summed E-state index contributed by atoms with van der Waals surface area (Å²) in [5.41, 5.74) is 2.37. The topological polar surface area (TPSA) is 88.7 Å². The van der Waals surface area contributed by atoms with E-state index in [1.54, 1.807) is 4.68 Å². The van der Waals surface area contributed by atoms with E-state index in [4.69, 9.17) is 0 Å². The SMILES string of the molecule is Cc1nn(C)c(C)c1NC(=O)[C@H](C)[NH+]1CCN(S(=O)(=O)c2ccc(F)cc2)CC1. The first-order valence-corrected chi connectivity index (χ1v) is 11.0. The second-order valence-electron chi connectivity index (χ2n) is 7.40. The van der Waals surface area contributed by atoms with Gasteiger partial charge in [0.25, 0.3) is 5.91 Å². The van der Waals surface area contributed by atoms with Crippen LogP contribution in [0.3, 0.4) is 0 Å². The lowest BCUT2D eigenvalue weighted by atomic mass is 10.2. The lowest BCUT2D eigenvalue weighted by Crippen LogP contribution is -3.19. The number of sulfonamides is 1. The second kappa shape index (κ2) is 8.21. The van der Waals surface area contributed by atoms with Gasteiger partial charge in [-0.15, -0.1) is 0 Å². The minimum Gasteiger partial charge on any atom is -0.323 e. The Morgan fingerprint density at radius 2 is 1.79 bits per heavy atom. The number of carbonyl (C=O) groups is 1. The molecule has 1 aliphatic rings. The molecule has 1 saturated heterocycles. The van der Waals surface area contributed by atoms with Crippen LogP contribution in [-0.4, -0.2) is 60.6 Å². The van der Waals surface area contributed by atoms with E-state index in [-0.39, 0.29) is 16.8 Å². The fraction of sp³-hybridized carbons (Fsp3) is 0.474. The zero-order valence-electron chi connectivity index (χ0n) is 17.1. The van der Waals surface area contributed by atoms with Crippen LogP contribution in [0.4, 0.5) is 10.1 Å². The highest BCUT2D eigenvalue weighted by Gasteiger charge is 2.34. The molecule has 1 aliphatic heterocycles. The Bertz CT molecular complexity index is 996. The normalized spacial score (nSPS) is 17.3. The Morgan fingerprint density at radius 1 is 1.21 bits per heavy atom. The summed E-state index contributed by atoms with van der Waals surface area (Å²) in [5, 5.41) is 7.26. The van der Waals surface area contributed by atoms with E-state index in [1.807, 2.05) is 27.8 Å². The minimum atomic E-state index is -3.66. The van der Waals surface area contributed by atoms with Crippen LogP contribution in [0.5, 0.6) is 0 Å². The van der Waals surface area contributed by atoms with Gasteiger partial charge in [0.15, 0.2) is 6.04 Å². The van der Waals surface area contributed by atoms with Crippen molar-refractivity contribution in [1.29, 1.82) is 0 Å². The van der Waals surface area contributed by atoms with E-state index in [1.165, 1.54) is 16.4 Å². The minimum absolute atomic E-state index is 0.0793. The average molecular weight is 425 g/mol. The number of hydrogen-bond acceptors (Lipinski definition) is 4. The van der Waals surface area contributed by atoms with Crippen LogP contribution in [0.15, 0.2) is 29.2 Å². The Kier molecular flexibility index (Phi) is 6.06. The molecule has 158 valence electrons. The third kappa shape index (κ3) is 4.34. The molecule has 3 rings (SSSR count). The number of hydrogen-bond donors (Lipinski definition) is 2. The molecule has 2 N–H and O–H groups in total. The summed E-state index contributed by atoms with van der Waals surface area (Å²) in [7, 11) is -1.84. The predicted octanol–water partition coefficient (Wildman–Crippen LogP) is 0.0924. The average Bonchev–Trinajstić information content (AvgIpc) is 2.93. The summed E-state index contributed by atoms with van der Waals surface area (Å²) in [5.74, 6) is -0.591. The van der Waals surface area contributed by atoms with Crippen molar-refractivity contribution in [2.75, 3.05) is 31.5 Å². The number of nitrogens with zero attached hydrogens (tertiary/aromatic N) is 3. The predicted molar refractivity (Wildman–Crippen MR) is 107 cm³/mol. The molecule has 1 fully saturated rings. The first-order chi connectivity index (χ1) is 13.6. The van der Waals surface area contributed by atoms with Crippen LogP contribution in [-0.2, 0) is 21.9 Å². The zero-order chi connectivity index (χ0) is 21.3. The maximum absolute atomic E-state index is 13.1. The van der Waals surface area contributed by atoms with Gasteiger partial charge in [0.1, 0.15) is 5.82 Å². The lowest BCUT2D eigenvalue weighted by molar-refractivity contribution is -0.917. The van der Waals surface area contributed by atoms with Gasteiger partial charge in [0, 0.05) is 7.05 Å². The quantitative estimate of drug-likeness (QED) is 0.712. The fourth-order valence-corrected chi connectivity index (χ4v) is 5.02. The van der Waals surface area contributed by atoms with Crippen molar-refractivity contribution in [1.82, 2.24) is 14.1 Å².